The molecule has 2 aromatic carbocycles. The van der Waals surface area contributed by atoms with Crippen LogP contribution >= 0.6 is 11.3 Å². The molecule has 8 heteroatoms. The fourth-order valence-electron chi connectivity index (χ4n) is 3.08. The Balaban J connectivity index is 1.14. The van der Waals surface area contributed by atoms with Gasteiger partial charge in [0.15, 0.2) is 0 Å². The number of benzene rings is 2. The summed E-state index contributed by atoms with van der Waals surface area (Å²) in [6.45, 7) is 0.746. The molecule has 0 aliphatic rings. The van der Waals surface area contributed by atoms with Gasteiger partial charge in [0, 0.05) is 24.4 Å². The highest BCUT2D eigenvalue weighted by atomic mass is 32.1. The second-order valence-electron chi connectivity index (χ2n) is 7.10. The maximum Gasteiger partial charge on any atom is 0.307 e. The minimum atomic E-state index is -0.261. The molecule has 4 rings (SSSR count). The zero-order chi connectivity index (χ0) is 22.9. The van der Waals surface area contributed by atoms with Crippen molar-refractivity contribution in [2.45, 2.75) is 6.42 Å². The van der Waals surface area contributed by atoms with Crippen LogP contribution in [-0.4, -0.2) is 28.3 Å². The van der Waals surface area contributed by atoms with Gasteiger partial charge in [0.1, 0.15) is 19.0 Å². The summed E-state index contributed by atoms with van der Waals surface area (Å²) in [6, 6.07) is 21.5. The van der Waals surface area contributed by atoms with Gasteiger partial charge in [-0.05, 0) is 35.4 Å². The van der Waals surface area contributed by atoms with Gasteiger partial charge in [-0.2, -0.15) is 0 Å². The number of aromatic nitrogens is 2. The van der Waals surface area contributed by atoms with Crippen molar-refractivity contribution < 1.29 is 14.7 Å². The van der Waals surface area contributed by atoms with E-state index in [-0.39, 0.29) is 10.8 Å². The first-order valence-corrected chi connectivity index (χ1v) is 11.2. The molecule has 0 fully saturated rings. The van der Waals surface area contributed by atoms with Crippen LogP contribution in [0.3, 0.4) is 0 Å². The monoisotopic (exact) mass is 461 g/mol. The lowest BCUT2D eigenvalue weighted by atomic mass is 10.1. The number of hydrogen-bond acceptors (Lipinski definition) is 7. The lowest BCUT2D eigenvalue weighted by Gasteiger charge is -2.07. The summed E-state index contributed by atoms with van der Waals surface area (Å²) in [6.07, 6.45) is 5.88. The van der Waals surface area contributed by atoms with Crippen LogP contribution in [0.5, 0.6) is 11.6 Å². The second-order valence-corrected chi connectivity index (χ2v) is 8.17. The fourth-order valence-corrected chi connectivity index (χ4v) is 3.84. The van der Waals surface area contributed by atoms with E-state index >= 15 is 0 Å². The van der Waals surface area contributed by atoms with E-state index in [9.17, 15) is 9.90 Å². The van der Waals surface area contributed by atoms with Crippen LogP contribution < -0.4 is 15.1 Å². The Morgan fingerprint density at radius 3 is 2.55 bits per heavy atom. The van der Waals surface area contributed by atoms with Gasteiger partial charge in [0.25, 0.3) is 0 Å². The molecule has 0 saturated carbocycles. The Hall–Kier alpha value is -3.88. The Labute approximate surface area is 195 Å². The Kier molecular flexibility index (Phi) is 7.52. The van der Waals surface area contributed by atoms with E-state index in [0.717, 1.165) is 33.7 Å². The van der Waals surface area contributed by atoms with Gasteiger partial charge in [-0.3, -0.25) is 25.1 Å². The van der Waals surface area contributed by atoms with Crippen molar-refractivity contribution in [2.75, 3.05) is 13.2 Å². The van der Waals surface area contributed by atoms with Crippen LogP contribution in [0.25, 0.3) is 17.3 Å². The molecule has 33 heavy (non-hydrogen) atoms. The van der Waals surface area contributed by atoms with Crippen LogP contribution in [0.15, 0.2) is 83.9 Å². The van der Waals surface area contributed by atoms with E-state index in [0.29, 0.717) is 30.3 Å². The van der Waals surface area contributed by atoms with E-state index in [1.54, 1.807) is 6.20 Å². The molecular weight excluding hydrogens is 438 g/mol. The lowest BCUT2D eigenvalue weighted by Crippen LogP contribution is -2.13. The van der Waals surface area contributed by atoms with Gasteiger partial charge in [-0.15, -0.1) is 0 Å². The Bertz CT molecular complexity index is 1230. The molecule has 4 aromatic rings. The molecule has 0 atom stereocenters. The first kappa shape index (κ1) is 22.3. The molecule has 0 radical (unpaired) electrons. The average molecular weight is 462 g/mol. The summed E-state index contributed by atoms with van der Waals surface area (Å²) in [5.41, 5.74) is 6.72. The normalized spacial score (nSPS) is 11.0. The van der Waals surface area contributed by atoms with Crippen LogP contribution in [0.2, 0.25) is 0 Å². The SMILES string of the molecule is O=c1[nH]c(O)c(Cc2ccc(OCCONC=Cc3ccc(-c4ccccc4)nc3)cc2)s1. The average Bonchev–Trinajstić information content (AvgIpc) is 3.16. The highest BCUT2D eigenvalue weighted by Crippen LogP contribution is 2.21. The number of hydroxylamine groups is 1. The molecular formula is C25H23N3O4S. The summed E-state index contributed by atoms with van der Waals surface area (Å²) in [5, 5.41) is 9.67. The van der Waals surface area contributed by atoms with E-state index < -0.39 is 0 Å². The van der Waals surface area contributed by atoms with Crippen molar-refractivity contribution in [3.63, 3.8) is 0 Å². The number of ether oxygens (including phenoxy) is 1. The van der Waals surface area contributed by atoms with E-state index in [2.05, 4.69) is 15.4 Å². The molecule has 0 bridgehead atoms. The molecule has 0 aliphatic carbocycles. The topological polar surface area (TPSA) is 96.5 Å². The van der Waals surface area contributed by atoms with Gasteiger partial charge in [0.05, 0.1) is 10.6 Å². The van der Waals surface area contributed by atoms with Crippen LogP contribution in [0.4, 0.5) is 0 Å². The third-order valence-corrected chi connectivity index (χ3v) is 5.60. The zero-order valence-electron chi connectivity index (χ0n) is 17.7. The summed E-state index contributed by atoms with van der Waals surface area (Å²) in [7, 11) is 0. The van der Waals surface area contributed by atoms with Gasteiger partial charge in [-0.1, -0.05) is 59.9 Å². The maximum absolute atomic E-state index is 11.3. The van der Waals surface area contributed by atoms with Gasteiger partial charge in [-0.25, -0.2) is 0 Å². The fraction of sp³-hybridized carbons (Fsp3) is 0.120. The molecule has 0 amide bonds. The largest absolute Gasteiger partial charge is 0.494 e. The number of aromatic hydroxyl groups is 1. The predicted octanol–water partition coefficient (Wildman–Crippen LogP) is 4.37. The van der Waals surface area contributed by atoms with Crippen molar-refractivity contribution in [1.82, 2.24) is 15.4 Å². The molecule has 0 aliphatic heterocycles. The van der Waals surface area contributed by atoms with E-state index in [1.807, 2.05) is 79.0 Å². The third kappa shape index (κ3) is 6.55. The Morgan fingerprint density at radius 1 is 1.03 bits per heavy atom. The van der Waals surface area contributed by atoms with Gasteiger partial charge >= 0.3 is 4.87 Å². The summed E-state index contributed by atoms with van der Waals surface area (Å²) in [5.74, 6) is 0.651. The van der Waals surface area contributed by atoms with E-state index in [4.69, 9.17) is 9.57 Å². The third-order valence-electron chi connectivity index (χ3n) is 4.73. The first-order valence-electron chi connectivity index (χ1n) is 10.4. The van der Waals surface area contributed by atoms with E-state index in [1.165, 1.54) is 0 Å². The molecule has 7 nitrogen and oxygen atoms in total. The number of nitrogens with one attached hydrogen (secondary N) is 2. The minimum Gasteiger partial charge on any atom is -0.494 e. The maximum atomic E-state index is 11.3. The molecule has 0 unspecified atom stereocenters. The molecule has 0 spiro atoms. The summed E-state index contributed by atoms with van der Waals surface area (Å²) in [4.78, 5) is 23.8. The number of H-pyrrole nitrogens is 1. The second kappa shape index (κ2) is 11.1. The number of rotatable bonds is 10. The Morgan fingerprint density at radius 2 is 1.85 bits per heavy atom. The smallest absolute Gasteiger partial charge is 0.307 e. The van der Waals surface area contributed by atoms with Crippen molar-refractivity contribution >= 4 is 17.4 Å². The molecule has 3 N–H and O–H groups in total. The van der Waals surface area contributed by atoms with Crippen molar-refractivity contribution in [3.05, 3.63) is 105 Å². The van der Waals surface area contributed by atoms with Crippen molar-refractivity contribution in [1.29, 1.82) is 0 Å². The highest BCUT2D eigenvalue weighted by Gasteiger charge is 2.07. The first-order chi connectivity index (χ1) is 16.2. The lowest BCUT2D eigenvalue weighted by molar-refractivity contribution is 0.0484. The van der Waals surface area contributed by atoms with Crippen LogP contribution in [0.1, 0.15) is 16.0 Å². The zero-order valence-corrected chi connectivity index (χ0v) is 18.5. The van der Waals surface area contributed by atoms with Crippen LogP contribution in [0, 0.1) is 0 Å². The summed E-state index contributed by atoms with van der Waals surface area (Å²) >= 11 is 1.01. The highest BCUT2D eigenvalue weighted by molar-refractivity contribution is 7.09. The van der Waals surface area contributed by atoms with Crippen LogP contribution in [-0.2, 0) is 11.3 Å². The number of pyridine rings is 1. The van der Waals surface area contributed by atoms with Gasteiger partial charge in [0.2, 0.25) is 5.88 Å². The number of aromatic amines is 1. The predicted molar refractivity (Wildman–Crippen MR) is 129 cm³/mol. The molecule has 2 aromatic heterocycles. The van der Waals surface area contributed by atoms with Crippen molar-refractivity contribution in [3.8, 4) is 22.9 Å². The standard InChI is InChI=1S/C25H23N3O4S/c29-24-23(33-25(30)28-24)16-18-6-9-21(10-7-18)31-14-15-32-27-13-12-19-8-11-22(26-17-19)20-4-2-1-3-5-20/h1-13,17,27,29H,14-16H2,(H,28,30). The van der Waals surface area contributed by atoms with Crippen molar-refractivity contribution in [2.24, 2.45) is 0 Å². The van der Waals surface area contributed by atoms with Gasteiger partial charge < -0.3 is 9.84 Å². The molecule has 0 saturated heterocycles. The molecule has 168 valence electrons. The minimum absolute atomic E-state index is 0.0653. The summed E-state index contributed by atoms with van der Waals surface area (Å²) < 4.78 is 5.66. The number of nitrogens with zero attached hydrogens (tertiary/aromatic N) is 1. The quantitative estimate of drug-likeness (QED) is 0.240. The number of hydrogen-bond donors (Lipinski definition) is 3. The number of thiazole rings is 1. The molecule has 2 heterocycles.